The van der Waals surface area contributed by atoms with E-state index in [1.165, 1.54) is 6.92 Å². The van der Waals surface area contributed by atoms with Crippen LogP contribution < -0.4 is 4.74 Å². The van der Waals surface area contributed by atoms with Crippen molar-refractivity contribution in [2.45, 2.75) is 19.5 Å². The van der Waals surface area contributed by atoms with Crippen molar-refractivity contribution in [3.63, 3.8) is 0 Å². The fourth-order valence-corrected chi connectivity index (χ4v) is 1.36. The van der Waals surface area contributed by atoms with Crippen molar-refractivity contribution in [1.82, 2.24) is 0 Å². The third-order valence-corrected chi connectivity index (χ3v) is 2.03. The van der Waals surface area contributed by atoms with Crippen LogP contribution >= 0.6 is 0 Å². The van der Waals surface area contributed by atoms with Crippen LogP contribution in [0.5, 0.6) is 5.75 Å². The zero-order chi connectivity index (χ0) is 15.6. The maximum absolute atomic E-state index is 12.7. The lowest BCUT2D eigenvalue weighted by molar-refractivity contribution is -0.276. The molecule has 20 heavy (non-hydrogen) atoms. The molecule has 0 aromatic heterocycles. The summed E-state index contributed by atoms with van der Waals surface area (Å²) in [6.45, 7) is 1.15. The van der Waals surface area contributed by atoms with Gasteiger partial charge >= 0.3 is 18.5 Å². The number of alkyl halides is 6. The highest BCUT2D eigenvalue weighted by molar-refractivity contribution is 5.93. The van der Waals surface area contributed by atoms with Crippen molar-refractivity contribution in [3.8, 4) is 5.75 Å². The molecule has 0 amide bonds. The molecule has 0 heterocycles. The quantitative estimate of drug-likeness (QED) is 0.629. The molecule has 112 valence electrons. The Morgan fingerprint density at radius 1 is 1.15 bits per heavy atom. The summed E-state index contributed by atoms with van der Waals surface area (Å²) in [7, 11) is 0. The Labute approximate surface area is 109 Å². The lowest BCUT2D eigenvalue weighted by Crippen LogP contribution is -2.22. The van der Waals surface area contributed by atoms with E-state index >= 15 is 0 Å². The van der Waals surface area contributed by atoms with Crippen molar-refractivity contribution in [1.29, 1.82) is 0 Å². The zero-order valence-electron chi connectivity index (χ0n) is 9.93. The van der Waals surface area contributed by atoms with E-state index in [9.17, 15) is 31.1 Å². The van der Waals surface area contributed by atoms with Gasteiger partial charge < -0.3 is 9.47 Å². The smallest absolute Gasteiger partial charge is 0.462 e. The summed E-state index contributed by atoms with van der Waals surface area (Å²) < 4.78 is 82.3. The molecule has 0 saturated carbocycles. The number of hydrogen-bond acceptors (Lipinski definition) is 3. The van der Waals surface area contributed by atoms with E-state index in [4.69, 9.17) is 0 Å². The number of esters is 1. The molecule has 0 N–H and O–H groups in total. The molecule has 1 aromatic carbocycles. The Hall–Kier alpha value is -1.93. The van der Waals surface area contributed by atoms with Gasteiger partial charge in [-0.25, -0.2) is 4.79 Å². The number of carbonyl (C=O) groups excluding carboxylic acids is 1. The van der Waals surface area contributed by atoms with Gasteiger partial charge in [0.1, 0.15) is 5.56 Å². The lowest BCUT2D eigenvalue weighted by atomic mass is 10.1. The van der Waals surface area contributed by atoms with E-state index in [-0.39, 0.29) is 6.61 Å². The third kappa shape index (κ3) is 4.04. The molecule has 0 fully saturated rings. The number of carbonyl (C=O) groups is 1. The molecule has 0 aliphatic rings. The van der Waals surface area contributed by atoms with Gasteiger partial charge in [-0.3, -0.25) is 0 Å². The van der Waals surface area contributed by atoms with E-state index in [1.807, 2.05) is 0 Å². The molecule has 3 nitrogen and oxygen atoms in total. The van der Waals surface area contributed by atoms with Crippen molar-refractivity contribution in [2.24, 2.45) is 0 Å². The van der Waals surface area contributed by atoms with Crippen molar-refractivity contribution < 1.29 is 40.6 Å². The van der Waals surface area contributed by atoms with Crippen LogP contribution in [0.1, 0.15) is 22.8 Å². The second-order valence-corrected chi connectivity index (χ2v) is 3.45. The summed E-state index contributed by atoms with van der Waals surface area (Å²) in [6, 6.07) is 1.93. The van der Waals surface area contributed by atoms with Gasteiger partial charge in [0.2, 0.25) is 0 Å². The number of hydrogen-bond donors (Lipinski definition) is 0. The second-order valence-electron chi connectivity index (χ2n) is 3.45. The summed E-state index contributed by atoms with van der Waals surface area (Å²) in [4.78, 5) is 11.4. The largest absolute Gasteiger partial charge is 0.573 e. The molecule has 1 aromatic rings. The minimum atomic E-state index is -5.37. The van der Waals surface area contributed by atoms with Gasteiger partial charge in [0, 0.05) is 0 Å². The Balaban J connectivity index is 3.41. The highest BCUT2D eigenvalue weighted by Crippen LogP contribution is 2.40. The first-order chi connectivity index (χ1) is 9.06. The van der Waals surface area contributed by atoms with Crippen LogP contribution in [-0.2, 0) is 10.9 Å². The zero-order valence-corrected chi connectivity index (χ0v) is 9.93. The fourth-order valence-electron chi connectivity index (χ4n) is 1.36. The lowest BCUT2D eigenvalue weighted by Gasteiger charge is -2.17. The van der Waals surface area contributed by atoms with Crippen molar-refractivity contribution in [2.75, 3.05) is 6.61 Å². The highest BCUT2D eigenvalue weighted by atomic mass is 19.4. The molecule has 9 heteroatoms. The summed E-state index contributed by atoms with van der Waals surface area (Å²) in [5.74, 6) is -2.95. The van der Waals surface area contributed by atoms with Crippen LogP contribution in [-0.4, -0.2) is 18.9 Å². The molecule has 0 atom stereocenters. The molecular formula is C11H8F6O3. The molecule has 0 aliphatic carbocycles. The molecular weight excluding hydrogens is 294 g/mol. The maximum Gasteiger partial charge on any atom is 0.573 e. The summed E-state index contributed by atoms with van der Waals surface area (Å²) in [6.07, 6.45) is -10.5. The molecule has 0 saturated heterocycles. The van der Waals surface area contributed by atoms with Crippen LogP contribution in [0.3, 0.4) is 0 Å². The van der Waals surface area contributed by atoms with Crippen LogP contribution in [0, 0.1) is 0 Å². The molecule has 0 radical (unpaired) electrons. The topological polar surface area (TPSA) is 35.5 Å². The number of ether oxygens (including phenoxy) is 2. The Morgan fingerprint density at radius 2 is 1.75 bits per heavy atom. The van der Waals surface area contributed by atoms with E-state index < -0.39 is 35.4 Å². The van der Waals surface area contributed by atoms with Gasteiger partial charge in [-0.15, -0.1) is 13.2 Å². The van der Waals surface area contributed by atoms with Gasteiger partial charge in [0.05, 0.1) is 12.2 Å². The van der Waals surface area contributed by atoms with Crippen molar-refractivity contribution >= 4 is 5.97 Å². The second kappa shape index (κ2) is 5.59. The monoisotopic (exact) mass is 302 g/mol. The van der Waals surface area contributed by atoms with E-state index in [0.29, 0.717) is 6.07 Å². The average Bonchev–Trinajstić information content (AvgIpc) is 2.25. The summed E-state index contributed by atoms with van der Waals surface area (Å²) >= 11 is 0. The van der Waals surface area contributed by atoms with Gasteiger partial charge in [-0.2, -0.15) is 13.2 Å². The van der Waals surface area contributed by atoms with Gasteiger partial charge in [0.15, 0.2) is 5.75 Å². The maximum atomic E-state index is 12.7. The summed E-state index contributed by atoms with van der Waals surface area (Å²) in [5.41, 5.74) is -2.65. The van der Waals surface area contributed by atoms with Crippen LogP contribution in [0.15, 0.2) is 18.2 Å². The SMILES string of the molecule is CCOC(=O)c1cccc(C(F)(F)F)c1OC(F)(F)F. The summed E-state index contributed by atoms with van der Waals surface area (Å²) in [5, 5.41) is 0. The molecule has 0 unspecified atom stereocenters. The normalized spacial score (nSPS) is 12.2. The number of para-hydroxylation sites is 1. The van der Waals surface area contributed by atoms with Gasteiger partial charge in [0.25, 0.3) is 0 Å². The molecule has 1 rings (SSSR count). The molecule has 0 spiro atoms. The minimum Gasteiger partial charge on any atom is -0.462 e. The van der Waals surface area contributed by atoms with Crippen LogP contribution in [0.2, 0.25) is 0 Å². The fraction of sp³-hybridized carbons (Fsp3) is 0.364. The van der Waals surface area contributed by atoms with E-state index in [2.05, 4.69) is 9.47 Å². The molecule has 0 aliphatic heterocycles. The van der Waals surface area contributed by atoms with Crippen LogP contribution in [0.25, 0.3) is 0 Å². The van der Waals surface area contributed by atoms with Crippen LogP contribution in [0.4, 0.5) is 26.3 Å². The predicted molar refractivity (Wildman–Crippen MR) is 54.1 cm³/mol. The minimum absolute atomic E-state index is 0.208. The van der Waals surface area contributed by atoms with Gasteiger partial charge in [-0.05, 0) is 19.1 Å². The van der Waals surface area contributed by atoms with Gasteiger partial charge in [-0.1, -0.05) is 6.07 Å². The predicted octanol–water partition coefficient (Wildman–Crippen LogP) is 3.78. The van der Waals surface area contributed by atoms with Crippen molar-refractivity contribution in [3.05, 3.63) is 29.3 Å². The number of halogens is 6. The standard InChI is InChI=1S/C11H8F6O3/c1-2-19-9(18)6-4-3-5-7(10(12,13)14)8(6)20-11(15,16)17/h3-5H,2H2,1H3. The Kier molecular flexibility index (Phi) is 4.51. The highest BCUT2D eigenvalue weighted by Gasteiger charge is 2.41. The first-order valence-electron chi connectivity index (χ1n) is 5.19. The first kappa shape index (κ1) is 16.1. The third-order valence-electron chi connectivity index (χ3n) is 2.03. The Morgan fingerprint density at radius 3 is 2.20 bits per heavy atom. The first-order valence-corrected chi connectivity index (χ1v) is 5.19. The Bertz CT molecular complexity index is 492. The van der Waals surface area contributed by atoms with E-state index in [1.54, 1.807) is 0 Å². The average molecular weight is 302 g/mol. The van der Waals surface area contributed by atoms with E-state index in [0.717, 1.165) is 12.1 Å². The number of rotatable bonds is 3. The number of benzene rings is 1. The molecule has 0 bridgehead atoms.